The van der Waals surface area contributed by atoms with E-state index in [9.17, 15) is 9.90 Å². The molecular formula is C19H23ClN2O3. The van der Waals surface area contributed by atoms with Crippen molar-refractivity contribution in [3.8, 4) is 11.5 Å². The summed E-state index contributed by atoms with van der Waals surface area (Å²) in [5.41, 5.74) is 2.38. The van der Waals surface area contributed by atoms with Gasteiger partial charge in [0, 0.05) is 5.02 Å². The van der Waals surface area contributed by atoms with E-state index in [4.69, 9.17) is 16.3 Å². The van der Waals surface area contributed by atoms with Crippen molar-refractivity contribution in [1.29, 1.82) is 0 Å². The summed E-state index contributed by atoms with van der Waals surface area (Å²) in [6.07, 6.45) is 0. The van der Waals surface area contributed by atoms with E-state index in [0.717, 1.165) is 16.9 Å². The molecule has 0 saturated heterocycles. The van der Waals surface area contributed by atoms with Gasteiger partial charge >= 0.3 is 6.03 Å². The molecule has 0 aromatic heterocycles. The van der Waals surface area contributed by atoms with Gasteiger partial charge in [-0.25, -0.2) is 4.79 Å². The van der Waals surface area contributed by atoms with Crippen LogP contribution in [0.2, 0.25) is 5.02 Å². The fourth-order valence-electron chi connectivity index (χ4n) is 2.31. The predicted molar refractivity (Wildman–Crippen MR) is 101 cm³/mol. The van der Waals surface area contributed by atoms with Gasteiger partial charge < -0.3 is 20.5 Å². The molecule has 2 aromatic rings. The molecule has 0 atom stereocenters. The lowest BCUT2D eigenvalue weighted by Crippen LogP contribution is -2.32. The molecule has 0 fully saturated rings. The molecule has 0 heterocycles. The maximum atomic E-state index is 11.9. The second-order valence-electron chi connectivity index (χ2n) is 6.83. The minimum Gasteiger partial charge on any atom is -0.506 e. The van der Waals surface area contributed by atoms with Crippen LogP contribution in [0, 0.1) is 6.92 Å². The van der Waals surface area contributed by atoms with Crippen LogP contribution in [0.5, 0.6) is 11.5 Å². The first-order valence-electron chi connectivity index (χ1n) is 7.94. The monoisotopic (exact) mass is 362 g/mol. The molecule has 0 radical (unpaired) electrons. The van der Waals surface area contributed by atoms with Crippen molar-refractivity contribution in [2.24, 2.45) is 0 Å². The van der Waals surface area contributed by atoms with Crippen molar-refractivity contribution in [1.82, 2.24) is 5.32 Å². The molecule has 3 N–H and O–H groups in total. The van der Waals surface area contributed by atoms with Gasteiger partial charge in [-0.15, -0.1) is 0 Å². The highest BCUT2D eigenvalue weighted by atomic mass is 35.5. The number of phenols is 1. The first-order valence-corrected chi connectivity index (χ1v) is 8.32. The number of rotatable bonds is 4. The summed E-state index contributed by atoms with van der Waals surface area (Å²) < 4.78 is 5.72. The van der Waals surface area contributed by atoms with Crippen molar-refractivity contribution in [3.63, 3.8) is 0 Å². The molecule has 0 aliphatic rings. The number of hydrogen-bond donors (Lipinski definition) is 3. The SMILES string of the molecule is Cc1ccc(OCNC(=O)Nc2cc(Cl)ccc2O)c(C(C)(C)C)c1. The number of halogens is 1. The number of anilines is 1. The lowest BCUT2D eigenvalue weighted by molar-refractivity contribution is 0.233. The molecule has 0 aliphatic carbocycles. The Morgan fingerprint density at radius 2 is 1.92 bits per heavy atom. The first kappa shape index (κ1) is 18.9. The van der Waals surface area contributed by atoms with Crippen LogP contribution in [0.15, 0.2) is 36.4 Å². The third kappa shape index (κ3) is 5.29. The van der Waals surface area contributed by atoms with E-state index in [2.05, 4.69) is 37.5 Å². The predicted octanol–water partition coefficient (Wildman–Crippen LogP) is 4.81. The standard InChI is InChI=1S/C19H23ClN2O3/c1-12-5-8-17(14(9-12)19(2,3)4)25-11-21-18(24)22-15-10-13(20)6-7-16(15)23/h5-10,23H,11H2,1-4H3,(H2,21,22,24). The van der Waals surface area contributed by atoms with Gasteiger partial charge in [0.25, 0.3) is 0 Å². The van der Waals surface area contributed by atoms with Gasteiger partial charge in [-0.1, -0.05) is 50.1 Å². The Hall–Kier alpha value is -2.40. The number of phenolic OH excluding ortho intramolecular Hbond substituents is 1. The van der Waals surface area contributed by atoms with Gasteiger partial charge in [0.15, 0.2) is 6.73 Å². The highest BCUT2D eigenvalue weighted by Gasteiger charge is 2.19. The molecule has 2 aromatic carbocycles. The summed E-state index contributed by atoms with van der Waals surface area (Å²) in [7, 11) is 0. The van der Waals surface area contributed by atoms with Gasteiger partial charge in [0.1, 0.15) is 11.5 Å². The van der Waals surface area contributed by atoms with Crippen molar-refractivity contribution in [3.05, 3.63) is 52.5 Å². The Bertz CT molecular complexity index is 770. The van der Waals surface area contributed by atoms with Crippen molar-refractivity contribution >= 4 is 23.3 Å². The maximum absolute atomic E-state index is 11.9. The summed E-state index contributed by atoms with van der Waals surface area (Å²) in [5, 5.41) is 15.2. The summed E-state index contributed by atoms with van der Waals surface area (Å²) >= 11 is 5.85. The Morgan fingerprint density at radius 3 is 2.60 bits per heavy atom. The van der Waals surface area contributed by atoms with Gasteiger partial charge in [0.2, 0.25) is 0 Å². The number of ether oxygens (including phenoxy) is 1. The largest absolute Gasteiger partial charge is 0.506 e. The van der Waals surface area contributed by atoms with Crippen LogP contribution >= 0.6 is 11.6 Å². The Morgan fingerprint density at radius 1 is 1.20 bits per heavy atom. The third-order valence-electron chi connectivity index (χ3n) is 3.61. The number of nitrogens with one attached hydrogen (secondary N) is 2. The summed E-state index contributed by atoms with van der Waals surface area (Å²) in [5.74, 6) is 0.665. The van der Waals surface area contributed by atoms with E-state index in [1.165, 1.54) is 18.2 Å². The molecule has 0 spiro atoms. The number of amides is 2. The molecule has 6 heteroatoms. The molecular weight excluding hydrogens is 340 g/mol. The normalized spacial score (nSPS) is 11.1. The number of carbonyl (C=O) groups excluding carboxylic acids is 1. The summed E-state index contributed by atoms with van der Waals surface area (Å²) in [4.78, 5) is 11.9. The molecule has 5 nitrogen and oxygen atoms in total. The van der Waals surface area contributed by atoms with Gasteiger partial charge in [-0.2, -0.15) is 0 Å². The number of aromatic hydroxyl groups is 1. The minimum absolute atomic E-state index is 0.000693. The first-order chi connectivity index (χ1) is 11.7. The lowest BCUT2D eigenvalue weighted by atomic mass is 9.85. The maximum Gasteiger partial charge on any atom is 0.321 e. The van der Waals surface area contributed by atoms with Crippen LogP contribution in [-0.2, 0) is 5.41 Å². The van der Waals surface area contributed by atoms with Crippen molar-refractivity contribution in [2.45, 2.75) is 33.1 Å². The number of urea groups is 1. The number of aryl methyl sites for hydroxylation is 1. The van der Waals surface area contributed by atoms with Crippen LogP contribution in [0.4, 0.5) is 10.5 Å². The van der Waals surface area contributed by atoms with Crippen LogP contribution in [-0.4, -0.2) is 17.9 Å². The van der Waals surface area contributed by atoms with Crippen molar-refractivity contribution < 1.29 is 14.6 Å². The highest BCUT2D eigenvalue weighted by Crippen LogP contribution is 2.32. The molecule has 0 bridgehead atoms. The van der Waals surface area contributed by atoms with E-state index < -0.39 is 6.03 Å². The molecule has 0 saturated carbocycles. The van der Waals surface area contributed by atoms with Gasteiger partial charge in [0.05, 0.1) is 5.69 Å². The smallest absolute Gasteiger partial charge is 0.321 e. The third-order valence-corrected chi connectivity index (χ3v) is 3.85. The number of carbonyl (C=O) groups is 1. The number of hydrogen-bond acceptors (Lipinski definition) is 3. The molecule has 0 aliphatic heterocycles. The molecule has 134 valence electrons. The summed E-state index contributed by atoms with van der Waals surface area (Å²) in [6.45, 7) is 8.35. The van der Waals surface area contributed by atoms with Gasteiger partial charge in [-0.05, 0) is 42.2 Å². The zero-order valence-corrected chi connectivity index (χ0v) is 15.6. The molecule has 2 rings (SSSR count). The van der Waals surface area contributed by atoms with Crippen LogP contribution in [0.25, 0.3) is 0 Å². The lowest BCUT2D eigenvalue weighted by Gasteiger charge is -2.23. The van der Waals surface area contributed by atoms with Crippen LogP contribution in [0.3, 0.4) is 0 Å². The highest BCUT2D eigenvalue weighted by molar-refractivity contribution is 6.31. The zero-order chi connectivity index (χ0) is 18.6. The quantitative estimate of drug-likeness (QED) is 0.540. The van der Waals surface area contributed by atoms with E-state index >= 15 is 0 Å². The Balaban J connectivity index is 1.97. The second-order valence-corrected chi connectivity index (χ2v) is 7.27. The van der Waals surface area contributed by atoms with Crippen LogP contribution in [0.1, 0.15) is 31.9 Å². The average Bonchev–Trinajstić information content (AvgIpc) is 2.51. The number of benzene rings is 2. The Labute approximate surface area is 153 Å². The van der Waals surface area contributed by atoms with Crippen molar-refractivity contribution in [2.75, 3.05) is 12.0 Å². The fraction of sp³-hybridized carbons (Fsp3) is 0.316. The molecule has 2 amide bonds. The fourth-order valence-corrected chi connectivity index (χ4v) is 2.48. The Kier molecular flexibility index (Phi) is 5.80. The van der Waals surface area contributed by atoms with E-state index in [0.29, 0.717) is 5.02 Å². The van der Waals surface area contributed by atoms with Crippen LogP contribution < -0.4 is 15.4 Å². The molecule has 25 heavy (non-hydrogen) atoms. The zero-order valence-electron chi connectivity index (χ0n) is 14.8. The minimum atomic E-state index is -0.498. The van der Waals surface area contributed by atoms with E-state index in [1.54, 1.807) is 0 Å². The topological polar surface area (TPSA) is 70.6 Å². The average molecular weight is 363 g/mol. The summed E-state index contributed by atoms with van der Waals surface area (Å²) in [6, 6.07) is 9.87. The van der Waals surface area contributed by atoms with E-state index in [-0.39, 0.29) is 23.6 Å². The van der Waals surface area contributed by atoms with Gasteiger partial charge in [-0.3, -0.25) is 0 Å². The second kappa shape index (κ2) is 7.66. The van der Waals surface area contributed by atoms with E-state index in [1.807, 2.05) is 19.1 Å². The molecule has 0 unspecified atom stereocenters.